The van der Waals surface area contributed by atoms with Gasteiger partial charge in [0.1, 0.15) is 6.07 Å². The third kappa shape index (κ3) is 1.76. The summed E-state index contributed by atoms with van der Waals surface area (Å²) in [5.41, 5.74) is 0.154. The van der Waals surface area contributed by atoms with Gasteiger partial charge in [-0.1, -0.05) is 0 Å². The van der Waals surface area contributed by atoms with Gasteiger partial charge in [0.15, 0.2) is 11.5 Å². The lowest BCUT2D eigenvalue weighted by molar-refractivity contribution is 0.105. The molecule has 1 aromatic carbocycles. The maximum atomic E-state index is 10.9. The summed E-state index contributed by atoms with van der Waals surface area (Å²) in [6, 6.07) is 5.51. The van der Waals surface area contributed by atoms with Crippen LogP contribution in [0.5, 0.6) is 11.5 Å². The van der Waals surface area contributed by atoms with Crippen molar-refractivity contribution < 1.29 is 14.6 Å². The third-order valence-corrected chi connectivity index (χ3v) is 1.54. The van der Waals surface area contributed by atoms with Gasteiger partial charge in [-0.05, 0) is 18.2 Å². The highest BCUT2D eigenvalue weighted by Gasteiger charge is 2.07. The van der Waals surface area contributed by atoms with Gasteiger partial charge in [-0.2, -0.15) is 5.26 Å². The van der Waals surface area contributed by atoms with Gasteiger partial charge in [-0.3, -0.25) is 4.79 Å². The van der Waals surface area contributed by atoms with Crippen LogP contribution in [0.4, 0.5) is 0 Å². The number of nitriles is 1. The molecule has 0 amide bonds. The molecule has 66 valence electrons. The highest BCUT2D eigenvalue weighted by molar-refractivity contribution is 6.07. The van der Waals surface area contributed by atoms with Crippen LogP contribution in [0.1, 0.15) is 10.4 Å². The lowest BCUT2D eigenvalue weighted by Crippen LogP contribution is -1.94. The van der Waals surface area contributed by atoms with Gasteiger partial charge < -0.3 is 9.84 Å². The maximum Gasteiger partial charge on any atom is 0.262 e. The number of nitrogens with zero attached hydrogens (tertiary/aromatic N) is 1. The van der Waals surface area contributed by atoms with Crippen LogP contribution >= 0.6 is 0 Å². The van der Waals surface area contributed by atoms with Crippen molar-refractivity contribution in [2.45, 2.75) is 0 Å². The van der Waals surface area contributed by atoms with Crippen molar-refractivity contribution in [3.8, 4) is 17.6 Å². The van der Waals surface area contributed by atoms with E-state index in [9.17, 15) is 9.90 Å². The van der Waals surface area contributed by atoms with Gasteiger partial charge in [0, 0.05) is 5.56 Å². The number of hydrogen-bond donors (Lipinski definition) is 1. The standard InChI is InChI=1S/C9H7NO3/c1-13-9-3-2-6(4-7(9)11)8(12)5-10/h2-4,11H,1H3. The van der Waals surface area contributed by atoms with Crippen LogP contribution < -0.4 is 4.74 Å². The molecule has 4 nitrogen and oxygen atoms in total. The summed E-state index contributed by atoms with van der Waals surface area (Å²) >= 11 is 0. The topological polar surface area (TPSA) is 70.3 Å². The molecule has 0 spiro atoms. The first-order valence-electron chi connectivity index (χ1n) is 3.50. The zero-order valence-electron chi connectivity index (χ0n) is 6.94. The second-order valence-corrected chi connectivity index (χ2v) is 2.33. The van der Waals surface area contributed by atoms with Crippen molar-refractivity contribution >= 4 is 5.78 Å². The molecule has 0 aliphatic heterocycles. The average Bonchev–Trinajstić information content (AvgIpc) is 2.16. The van der Waals surface area contributed by atoms with Crippen LogP contribution in [0, 0.1) is 11.3 Å². The van der Waals surface area contributed by atoms with Gasteiger partial charge in [0.05, 0.1) is 7.11 Å². The van der Waals surface area contributed by atoms with Crippen molar-refractivity contribution in [2.24, 2.45) is 0 Å². The molecule has 0 saturated heterocycles. The number of Topliss-reactive ketones (excluding diaryl/α,β-unsaturated/α-hetero) is 1. The van der Waals surface area contributed by atoms with Gasteiger partial charge >= 0.3 is 0 Å². The molecule has 0 bridgehead atoms. The molecule has 0 radical (unpaired) electrons. The summed E-state index contributed by atoms with van der Waals surface area (Å²) in [6.45, 7) is 0. The molecule has 0 fully saturated rings. The smallest absolute Gasteiger partial charge is 0.262 e. The highest BCUT2D eigenvalue weighted by Crippen LogP contribution is 2.26. The average molecular weight is 177 g/mol. The van der Waals surface area contributed by atoms with Crippen LogP contribution in [0.2, 0.25) is 0 Å². The monoisotopic (exact) mass is 177 g/mol. The van der Waals surface area contributed by atoms with Crippen LogP contribution in [-0.4, -0.2) is 18.0 Å². The molecule has 0 aliphatic carbocycles. The molecule has 1 N–H and O–H groups in total. The Morgan fingerprint density at radius 3 is 2.77 bits per heavy atom. The Morgan fingerprint density at radius 2 is 2.31 bits per heavy atom. The Morgan fingerprint density at radius 1 is 1.62 bits per heavy atom. The fraction of sp³-hybridized carbons (Fsp3) is 0.111. The summed E-state index contributed by atoms with van der Waals surface area (Å²) in [5.74, 6) is -0.559. The minimum absolute atomic E-state index is 0.149. The minimum Gasteiger partial charge on any atom is -0.504 e. The summed E-state index contributed by atoms with van der Waals surface area (Å²) in [4.78, 5) is 10.9. The number of benzene rings is 1. The second kappa shape index (κ2) is 3.59. The number of ketones is 1. The van der Waals surface area contributed by atoms with E-state index in [-0.39, 0.29) is 17.1 Å². The van der Waals surface area contributed by atoms with E-state index in [1.165, 1.54) is 31.4 Å². The molecule has 0 saturated carbocycles. The molecule has 1 aromatic rings. The number of hydrogen-bond acceptors (Lipinski definition) is 4. The largest absolute Gasteiger partial charge is 0.504 e. The number of phenolic OH excluding ortho intramolecular Hbond substituents is 1. The number of ether oxygens (including phenoxy) is 1. The molecule has 4 heteroatoms. The Hall–Kier alpha value is -2.02. The van der Waals surface area contributed by atoms with Crippen molar-refractivity contribution in [2.75, 3.05) is 7.11 Å². The van der Waals surface area contributed by atoms with E-state index in [0.717, 1.165) is 0 Å². The SMILES string of the molecule is COc1ccc(C(=O)C#N)cc1O. The van der Waals surface area contributed by atoms with E-state index in [1.807, 2.05) is 0 Å². The van der Waals surface area contributed by atoms with Crippen LogP contribution in [0.3, 0.4) is 0 Å². The fourth-order valence-corrected chi connectivity index (χ4v) is 0.896. The molecule has 0 atom stereocenters. The molecule has 1 rings (SSSR count). The first-order chi connectivity index (χ1) is 6.19. The molecule has 0 aliphatic rings. The van der Waals surface area contributed by atoms with Crippen molar-refractivity contribution in [1.82, 2.24) is 0 Å². The number of carbonyl (C=O) groups is 1. The number of phenols is 1. The van der Waals surface area contributed by atoms with E-state index in [1.54, 1.807) is 0 Å². The molecule has 13 heavy (non-hydrogen) atoms. The summed E-state index contributed by atoms with van der Waals surface area (Å²) in [6.07, 6.45) is 0. The van der Waals surface area contributed by atoms with Gasteiger partial charge in [0.25, 0.3) is 5.78 Å². The van der Waals surface area contributed by atoms with Crippen molar-refractivity contribution in [3.63, 3.8) is 0 Å². The fourth-order valence-electron chi connectivity index (χ4n) is 0.896. The van der Waals surface area contributed by atoms with Crippen LogP contribution in [0.15, 0.2) is 18.2 Å². The molecule has 0 heterocycles. The first-order valence-corrected chi connectivity index (χ1v) is 3.50. The molecule has 0 unspecified atom stereocenters. The predicted octanol–water partition coefficient (Wildman–Crippen LogP) is 1.11. The Labute approximate surface area is 75.0 Å². The van der Waals surface area contributed by atoms with E-state index >= 15 is 0 Å². The second-order valence-electron chi connectivity index (χ2n) is 2.33. The van der Waals surface area contributed by atoms with Crippen LogP contribution in [0.25, 0.3) is 0 Å². The van der Waals surface area contributed by atoms with Gasteiger partial charge in [-0.25, -0.2) is 0 Å². The first kappa shape index (κ1) is 9.07. The Balaban J connectivity index is 3.11. The number of methoxy groups -OCH3 is 1. The molecule has 0 aromatic heterocycles. The molecular weight excluding hydrogens is 170 g/mol. The zero-order valence-corrected chi connectivity index (χ0v) is 6.94. The third-order valence-electron chi connectivity index (χ3n) is 1.54. The quantitative estimate of drug-likeness (QED) is 0.542. The summed E-state index contributed by atoms with van der Waals surface area (Å²) < 4.78 is 4.77. The van der Waals surface area contributed by atoms with Crippen molar-refractivity contribution in [1.29, 1.82) is 5.26 Å². The van der Waals surface area contributed by atoms with Gasteiger partial charge in [-0.15, -0.1) is 0 Å². The zero-order chi connectivity index (χ0) is 9.84. The predicted molar refractivity (Wildman–Crippen MR) is 44.6 cm³/mol. The van der Waals surface area contributed by atoms with Gasteiger partial charge in [0.2, 0.25) is 0 Å². The lowest BCUT2D eigenvalue weighted by atomic mass is 10.1. The van der Waals surface area contributed by atoms with E-state index in [0.29, 0.717) is 0 Å². The van der Waals surface area contributed by atoms with E-state index in [4.69, 9.17) is 10.00 Å². The van der Waals surface area contributed by atoms with E-state index in [2.05, 4.69) is 0 Å². The summed E-state index contributed by atoms with van der Waals surface area (Å²) in [5, 5.41) is 17.5. The van der Waals surface area contributed by atoms with Crippen LogP contribution in [-0.2, 0) is 0 Å². The van der Waals surface area contributed by atoms with E-state index < -0.39 is 5.78 Å². The Kier molecular flexibility index (Phi) is 2.50. The number of carbonyl (C=O) groups excluding carboxylic acids is 1. The number of aromatic hydroxyl groups is 1. The lowest BCUT2D eigenvalue weighted by Gasteiger charge is -2.02. The number of rotatable bonds is 2. The maximum absolute atomic E-state index is 10.9. The minimum atomic E-state index is -0.682. The molecular formula is C9H7NO3. The normalized spacial score (nSPS) is 8.92. The Bertz CT molecular complexity index is 379. The van der Waals surface area contributed by atoms with Crippen molar-refractivity contribution in [3.05, 3.63) is 23.8 Å². The highest BCUT2D eigenvalue weighted by atomic mass is 16.5. The summed E-state index contributed by atoms with van der Waals surface area (Å²) in [7, 11) is 1.40.